The maximum atomic E-state index is 10.4. The monoisotopic (exact) mass is 292 g/mol. The Labute approximate surface area is 120 Å². The summed E-state index contributed by atoms with van der Waals surface area (Å²) in [5, 5.41) is 15.8. The molecule has 3 rings (SSSR count). The topological polar surface area (TPSA) is 98.0 Å². The third-order valence-electron chi connectivity index (χ3n) is 3.55. The molecule has 1 fully saturated rings. The average molecular weight is 292 g/mol. The molecule has 8 heteroatoms. The highest BCUT2D eigenvalue weighted by Crippen LogP contribution is 2.34. The van der Waals surface area contributed by atoms with Crippen molar-refractivity contribution in [1.29, 1.82) is 0 Å². The Kier molecular flexibility index (Phi) is 3.61. The lowest BCUT2D eigenvalue weighted by Crippen LogP contribution is -2.17. The molecule has 0 spiro atoms. The number of hydrogen-bond acceptors (Lipinski definition) is 6. The van der Waals surface area contributed by atoms with Crippen molar-refractivity contribution in [3.8, 4) is 0 Å². The van der Waals surface area contributed by atoms with E-state index in [-0.39, 0.29) is 18.8 Å². The molecule has 0 saturated carbocycles. The van der Waals surface area contributed by atoms with Gasteiger partial charge in [-0.05, 0) is 25.0 Å². The zero-order valence-corrected chi connectivity index (χ0v) is 11.5. The smallest absolute Gasteiger partial charge is 0.450 e. The number of hydrogen-bond donors (Lipinski definition) is 2. The molecular weight excluding hydrogens is 276 g/mol. The highest BCUT2D eigenvalue weighted by molar-refractivity contribution is 5.67. The van der Waals surface area contributed by atoms with Gasteiger partial charge in [-0.15, -0.1) is 0 Å². The second kappa shape index (κ2) is 5.57. The Bertz CT molecular complexity index is 657. The molecule has 3 heterocycles. The first-order chi connectivity index (χ1) is 10.2. The fourth-order valence-corrected chi connectivity index (χ4v) is 2.60. The molecule has 2 aromatic rings. The van der Waals surface area contributed by atoms with Crippen molar-refractivity contribution in [2.75, 3.05) is 19.0 Å². The lowest BCUT2D eigenvalue weighted by atomic mass is 10.1. The van der Waals surface area contributed by atoms with Crippen molar-refractivity contribution in [3.63, 3.8) is 0 Å². The lowest BCUT2D eigenvalue weighted by Gasteiger charge is -2.13. The van der Waals surface area contributed by atoms with Crippen LogP contribution in [0.25, 0.3) is 5.52 Å². The Morgan fingerprint density at radius 2 is 2.43 bits per heavy atom. The molecule has 2 N–H and O–H groups in total. The molecule has 0 radical (unpaired) electrons. The van der Waals surface area contributed by atoms with Crippen LogP contribution in [0, 0.1) is 0 Å². The number of carboxylic acid groups (broad SMARTS) is 1. The van der Waals surface area contributed by atoms with E-state index in [1.807, 2.05) is 12.1 Å². The minimum absolute atomic E-state index is 0.0614. The van der Waals surface area contributed by atoms with Crippen LogP contribution in [0.3, 0.4) is 0 Å². The molecule has 0 bridgehead atoms. The zero-order valence-electron chi connectivity index (χ0n) is 11.5. The summed E-state index contributed by atoms with van der Waals surface area (Å²) in [5.74, 6) is 0.750. The quantitative estimate of drug-likeness (QED) is 0.827. The minimum atomic E-state index is -1.28. The van der Waals surface area contributed by atoms with Crippen LogP contribution in [-0.2, 0) is 9.47 Å². The van der Waals surface area contributed by atoms with Gasteiger partial charge in [0.25, 0.3) is 0 Å². The number of ether oxygens (including phenoxy) is 2. The van der Waals surface area contributed by atoms with Gasteiger partial charge >= 0.3 is 6.16 Å². The molecule has 0 amide bonds. The van der Waals surface area contributed by atoms with Crippen molar-refractivity contribution >= 4 is 17.5 Å². The van der Waals surface area contributed by atoms with Crippen molar-refractivity contribution in [3.05, 3.63) is 24.2 Å². The molecule has 0 aliphatic carbocycles. The van der Waals surface area contributed by atoms with E-state index in [1.165, 1.54) is 6.33 Å². The molecule has 2 atom stereocenters. The standard InChI is InChI=1S/C13H16N4O4/c1-14-12-10-4-3-9(17(10)16-7-15-12)11-5-2-8(21-11)6-20-13(18)19/h3-4,7-8,11H,2,5-6H2,1H3,(H,18,19)(H,14,15,16). The summed E-state index contributed by atoms with van der Waals surface area (Å²) in [6.07, 6.45) is 1.45. The van der Waals surface area contributed by atoms with Crippen molar-refractivity contribution < 1.29 is 19.4 Å². The van der Waals surface area contributed by atoms with Crippen LogP contribution in [0.5, 0.6) is 0 Å². The van der Waals surface area contributed by atoms with Gasteiger partial charge in [-0.1, -0.05) is 0 Å². The molecule has 1 saturated heterocycles. The zero-order chi connectivity index (χ0) is 14.8. The molecule has 1 aliphatic heterocycles. The molecule has 0 aromatic carbocycles. The van der Waals surface area contributed by atoms with Gasteiger partial charge in [0.1, 0.15) is 24.6 Å². The number of carbonyl (C=O) groups is 1. The number of nitrogens with one attached hydrogen (secondary N) is 1. The second-order valence-corrected chi connectivity index (χ2v) is 4.81. The summed E-state index contributed by atoms with van der Waals surface area (Å²) in [5.41, 5.74) is 1.81. The van der Waals surface area contributed by atoms with Crippen LogP contribution in [0.2, 0.25) is 0 Å². The summed E-state index contributed by atoms with van der Waals surface area (Å²) in [6, 6.07) is 3.89. The molecule has 1 aliphatic rings. The second-order valence-electron chi connectivity index (χ2n) is 4.81. The van der Waals surface area contributed by atoms with Crippen LogP contribution < -0.4 is 5.32 Å². The van der Waals surface area contributed by atoms with Gasteiger partial charge < -0.3 is 19.9 Å². The SMILES string of the molecule is CNc1ncnn2c(C3CCC(COC(=O)O)O3)ccc12. The van der Waals surface area contributed by atoms with Crippen molar-refractivity contribution in [2.24, 2.45) is 0 Å². The predicted octanol–water partition coefficient (Wildman–Crippen LogP) is 1.69. The van der Waals surface area contributed by atoms with Crippen LogP contribution >= 0.6 is 0 Å². The molecule has 8 nitrogen and oxygen atoms in total. The van der Waals surface area contributed by atoms with Gasteiger partial charge in [-0.3, -0.25) is 0 Å². The van der Waals surface area contributed by atoms with Gasteiger partial charge in [0.05, 0.1) is 11.8 Å². The molecule has 112 valence electrons. The first kappa shape index (κ1) is 13.6. The van der Waals surface area contributed by atoms with E-state index >= 15 is 0 Å². The van der Waals surface area contributed by atoms with E-state index < -0.39 is 6.16 Å². The van der Waals surface area contributed by atoms with Gasteiger partial charge in [0.2, 0.25) is 0 Å². The number of anilines is 1. The summed E-state index contributed by atoms with van der Waals surface area (Å²) in [4.78, 5) is 14.6. The number of fused-ring (bicyclic) bond motifs is 1. The summed E-state index contributed by atoms with van der Waals surface area (Å²) < 4.78 is 12.2. The Morgan fingerprint density at radius 1 is 1.57 bits per heavy atom. The summed E-state index contributed by atoms with van der Waals surface area (Å²) in [7, 11) is 1.81. The fourth-order valence-electron chi connectivity index (χ4n) is 2.60. The van der Waals surface area contributed by atoms with Crippen LogP contribution in [0.1, 0.15) is 24.6 Å². The van der Waals surface area contributed by atoms with Gasteiger partial charge in [0, 0.05) is 7.05 Å². The van der Waals surface area contributed by atoms with Gasteiger partial charge in [-0.2, -0.15) is 5.10 Å². The van der Waals surface area contributed by atoms with Crippen LogP contribution in [0.15, 0.2) is 18.5 Å². The van der Waals surface area contributed by atoms with Crippen molar-refractivity contribution in [1.82, 2.24) is 14.6 Å². The number of rotatable bonds is 4. The van der Waals surface area contributed by atoms with E-state index in [2.05, 4.69) is 20.1 Å². The van der Waals surface area contributed by atoms with E-state index in [1.54, 1.807) is 11.6 Å². The average Bonchev–Trinajstić information content (AvgIpc) is 3.10. The Morgan fingerprint density at radius 3 is 3.19 bits per heavy atom. The van der Waals surface area contributed by atoms with Crippen LogP contribution in [-0.4, -0.2) is 45.6 Å². The molecular formula is C13H16N4O4. The highest BCUT2D eigenvalue weighted by Gasteiger charge is 2.29. The maximum absolute atomic E-state index is 10.4. The summed E-state index contributed by atoms with van der Waals surface area (Å²) in [6.45, 7) is 0.0614. The Balaban J connectivity index is 1.78. The fraction of sp³-hybridized carbons (Fsp3) is 0.462. The van der Waals surface area contributed by atoms with E-state index in [9.17, 15) is 4.79 Å². The molecule has 2 aromatic heterocycles. The van der Waals surface area contributed by atoms with Gasteiger partial charge in [-0.25, -0.2) is 14.3 Å². The van der Waals surface area contributed by atoms with Crippen molar-refractivity contribution in [2.45, 2.75) is 25.0 Å². The van der Waals surface area contributed by atoms with Gasteiger partial charge in [0.15, 0.2) is 5.82 Å². The maximum Gasteiger partial charge on any atom is 0.505 e. The Hall–Kier alpha value is -2.35. The van der Waals surface area contributed by atoms with Crippen LogP contribution in [0.4, 0.5) is 10.6 Å². The van der Waals surface area contributed by atoms with E-state index in [0.29, 0.717) is 0 Å². The number of nitrogens with zero attached hydrogens (tertiary/aromatic N) is 3. The predicted molar refractivity (Wildman–Crippen MR) is 73.4 cm³/mol. The lowest BCUT2D eigenvalue weighted by molar-refractivity contribution is -0.00885. The molecule has 21 heavy (non-hydrogen) atoms. The van der Waals surface area contributed by atoms with E-state index in [0.717, 1.165) is 29.9 Å². The van der Waals surface area contributed by atoms with E-state index in [4.69, 9.17) is 9.84 Å². The number of aromatic nitrogens is 3. The largest absolute Gasteiger partial charge is 0.505 e. The first-order valence-corrected chi connectivity index (χ1v) is 6.70. The highest BCUT2D eigenvalue weighted by atomic mass is 16.7. The minimum Gasteiger partial charge on any atom is -0.450 e. The first-order valence-electron chi connectivity index (χ1n) is 6.70. The normalized spacial score (nSPS) is 21.6. The third kappa shape index (κ3) is 2.62. The molecule has 2 unspecified atom stereocenters. The summed E-state index contributed by atoms with van der Waals surface area (Å²) >= 11 is 0. The third-order valence-corrected chi connectivity index (χ3v) is 3.55.